The van der Waals surface area contributed by atoms with Gasteiger partial charge in [-0.05, 0) is 51.4 Å². The molecule has 340 valence electrons. The van der Waals surface area contributed by atoms with Gasteiger partial charge in [0.15, 0.2) is 0 Å². The van der Waals surface area contributed by atoms with Crippen molar-refractivity contribution < 1.29 is 67.0 Å². The first-order chi connectivity index (χ1) is 27.7. The monoisotopic (exact) mass is 868 g/mol. The lowest BCUT2D eigenvalue weighted by Gasteiger charge is -2.12. The quantitative estimate of drug-likeness (QED) is 0.0147. The van der Waals surface area contributed by atoms with E-state index in [1.54, 1.807) is 0 Å². The van der Waals surface area contributed by atoms with Crippen molar-refractivity contribution in [2.24, 2.45) is 0 Å². The van der Waals surface area contributed by atoms with E-state index < -0.39 is 53.0 Å². The number of phosphoric ester groups is 2. The molecule has 0 aliphatic heterocycles. The van der Waals surface area contributed by atoms with Gasteiger partial charge in [-0.3, -0.25) is 18.6 Å². The summed E-state index contributed by atoms with van der Waals surface area (Å²) in [5.74, 6) is -0.876. The van der Waals surface area contributed by atoms with Gasteiger partial charge in [-0.25, -0.2) is 9.13 Å². The molecule has 0 radical (unpaired) electrons. The highest BCUT2D eigenvalue weighted by molar-refractivity contribution is 7.46. The number of esters is 2. The Morgan fingerprint density at radius 2 is 0.759 bits per heavy atom. The van der Waals surface area contributed by atoms with Gasteiger partial charge < -0.3 is 39.3 Å². The molecule has 0 fully saturated rings. The second-order valence-electron chi connectivity index (χ2n) is 14.2. The SMILES string of the molecule is CCCCC/C=C\C/C=C\C/C=C\C/C=C\CCCC(=O)OC[C@@H](O)COP(=O)(O)O.CCCCCCCCCCCCCCCC(=O)OC[C@@H](O)COP(=O)(O)O. The number of hydrogen-bond donors (Lipinski definition) is 6. The first kappa shape index (κ1) is 58.1. The van der Waals surface area contributed by atoms with E-state index in [1.807, 2.05) is 12.2 Å². The molecular weight excluding hydrogens is 790 g/mol. The van der Waals surface area contributed by atoms with E-state index in [0.29, 0.717) is 12.8 Å². The summed E-state index contributed by atoms with van der Waals surface area (Å²) in [6.07, 6.45) is 40.3. The van der Waals surface area contributed by atoms with Gasteiger partial charge in [0, 0.05) is 12.8 Å². The zero-order chi connectivity index (χ0) is 43.6. The van der Waals surface area contributed by atoms with Crippen LogP contribution in [0.2, 0.25) is 0 Å². The van der Waals surface area contributed by atoms with Gasteiger partial charge in [0.25, 0.3) is 0 Å². The summed E-state index contributed by atoms with van der Waals surface area (Å²) in [6, 6.07) is 0. The van der Waals surface area contributed by atoms with Gasteiger partial charge in [0.05, 0.1) is 13.2 Å². The maximum absolute atomic E-state index is 11.5. The van der Waals surface area contributed by atoms with Crippen LogP contribution in [-0.2, 0) is 37.2 Å². The molecule has 0 unspecified atom stereocenters. The van der Waals surface area contributed by atoms with Crippen molar-refractivity contribution >= 4 is 27.6 Å². The maximum atomic E-state index is 11.5. The number of hydrogen-bond acceptors (Lipinski definition) is 10. The van der Waals surface area contributed by atoms with E-state index in [1.165, 1.54) is 89.9 Å². The number of aliphatic hydroxyl groups is 2. The minimum absolute atomic E-state index is 0.212. The number of carbonyl (C=O) groups excluding carboxylic acids is 2. The lowest BCUT2D eigenvalue weighted by atomic mass is 10.0. The van der Waals surface area contributed by atoms with Crippen LogP contribution in [0.25, 0.3) is 0 Å². The van der Waals surface area contributed by atoms with E-state index >= 15 is 0 Å². The van der Waals surface area contributed by atoms with Crippen LogP contribution in [0.1, 0.15) is 168 Å². The first-order valence-corrected chi connectivity index (χ1v) is 24.4. The number of allylic oxidation sites excluding steroid dienone is 8. The van der Waals surface area contributed by atoms with Crippen LogP contribution in [0.3, 0.4) is 0 Å². The summed E-state index contributed by atoms with van der Waals surface area (Å²) >= 11 is 0. The number of aliphatic hydroxyl groups excluding tert-OH is 2. The molecule has 16 heteroatoms. The predicted octanol–water partition coefficient (Wildman–Crippen LogP) is 9.63. The van der Waals surface area contributed by atoms with E-state index in [2.05, 4.69) is 59.4 Å². The third-order valence-electron chi connectivity index (χ3n) is 8.44. The highest BCUT2D eigenvalue weighted by Crippen LogP contribution is 2.36. The van der Waals surface area contributed by atoms with Crippen molar-refractivity contribution in [2.75, 3.05) is 26.4 Å². The molecule has 2 atom stereocenters. The molecule has 0 aromatic rings. The Kier molecular flexibility index (Phi) is 41.9. The molecule has 0 heterocycles. The molecule has 0 rings (SSSR count). The Hall–Kier alpha value is -1.96. The van der Waals surface area contributed by atoms with Crippen molar-refractivity contribution in [1.82, 2.24) is 0 Å². The number of phosphoric acid groups is 2. The number of ether oxygens (including phenoxy) is 2. The number of carbonyl (C=O) groups is 2. The van der Waals surface area contributed by atoms with Gasteiger partial charge in [0.2, 0.25) is 0 Å². The van der Waals surface area contributed by atoms with Gasteiger partial charge in [-0.2, -0.15) is 0 Å². The Morgan fingerprint density at radius 1 is 0.448 bits per heavy atom. The Morgan fingerprint density at radius 3 is 1.14 bits per heavy atom. The third kappa shape index (κ3) is 52.1. The van der Waals surface area contributed by atoms with Crippen LogP contribution in [0.15, 0.2) is 48.6 Å². The van der Waals surface area contributed by atoms with Gasteiger partial charge in [-0.1, -0.05) is 152 Å². The predicted molar refractivity (Wildman–Crippen MR) is 229 cm³/mol. The summed E-state index contributed by atoms with van der Waals surface area (Å²) in [7, 11) is -9.25. The molecule has 0 aliphatic carbocycles. The summed E-state index contributed by atoms with van der Waals surface area (Å²) in [6.45, 7) is 2.60. The molecule has 0 bridgehead atoms. The van der Waals surface area contributed by atoms with E-state index in [4.69, 9.17) is 29.0 Å². The fourth-order valence-electron chi connectivity index (χ4n) is 5.20. The molecule has 6 N–H and O–H groups in total. The summed E-state index contributed by atoms with van der Waals surface area (Å²) in [5.41, 5.74) is 0. The molecule has 58 heavy (non-hydrogen) atoms. The fraction of sp³-hybridized carbons (Fsp3) is 0.762. The zero-order valence-electron chi connectivity index (χ0n) is 35.4. The van der Waals surface area contributed by atoms with Crippen molar-refractivity contribution in [3.8, 4) is 0 Å². The molecule has 0 aromatic carbocycles. The van der Waals surface area contributed by atoms with E-state index in [-0.39, 0.29) is 19.6 Å². The first-order valence-electron chi connectivity index (χ1n) is 21.4. The highest BCUT2D eigenvalue weighted by atomic mass is 31.2. The molecule has 0 amide bonds. The molecule has 0 aliphatic rings. The van der Waals surface area contributed by atoms with E-state index in [0.717, 1.165) is 44.9 Å². The van der Waals surface area contributed by atoms with Gasteiger partial charge in [0.1, 0.15) is 25.4 Å². The zero-order valence-corrected chi connectivity index (χ0v) is 37.2. The van der Waals surface area contributed by atoms with Crippen LogP contribution in [0.4, 0.5) is 0 Å². The summed E-state index contributed by atoms with van der Waals surface area (Å²) in [5, 5.41) is 18.8. The second-order valence-corrected chi connectivity index (χ2v) is 16.7. The minimum atomic E-state index is -4.63. The molecule has 14 nitrogen and oxygen atoms in total. The van der Waals surface area contributed by atoms with E-state index in [9.17, 15) is 28.9 Å². The van der Waals surface area contributed by atoms with Crippen molar-refractivity contribution in [1.29, 1.82) is 0 Å². The molecule has 0 saturated carbocycles. The summed E-state index contributed by atoms with van der Waals surface area (Å²) < 4.78 is 38.9. The van der Waals surface area contributed by atoms with Crippen LogP contribution in [0.5, 0.6) is 0 Å². The smallest absolute Gasteiger partial charge is 0.463 e. The molecule has 0 saturated heterocycles. The Balaban J connectivity index is 0. The topological polar surface area (TPSA) is 227 Å². The second kappa shape index (κ2) is 41.8. The Bertz CT molecular complexity index is 1180. The molecule has 0 spiro atoms. The molecule has 0 aromatic heterocycles. The van der Waals surface area contributed by atoms with Crippen molar-refractivity contribution in [2.45, 2.75) is 180 Å². The normalized spacial score (nSPS) is 13.4. The average molecular weight is 869 g/mol. The minimum Gasteiger partial charge on any atom is -0.463 e. The fourth-order valence-corrected chi connectivity index (χ4v) is 5.93. The standard InChI is InChI=1S/C23H39O7P.C19H39O7P/c1-2-3-4-5-6-7-8-9-10-11-12-13-14-15-16-17-18-19-23(25)29-20-22(24)21-30-31(26,27)28;1-2-3-4-5-6-7-8-9-10-11-12-13-14-15-19(21)25-16-18(20)17-26-27(22,23)24/h6-7,9-10,12-13,15-16,22,24H,2-5,8,11,14,17-21H2,1H3,(H2,26,27,28);18,20H,2-17H2,1H3,(H2,22,23,24)/b7-6-,10-9-,13-12-,16-15-;/t22-;18-/m11/s1. The van der Waals surface area contributed by atoms with Gasteiger partial charge in [-0.15, -0.1) is 0 Å². The largest absolute Gasteiger partial charge is 0.469 e. The lowest BCUT2D eigenvalue weighted by Crippen LogP contribution is -2.23. The summed E-state index contributed by atoms with van der Waals surface area (Å²) in [4.78, 5) is 57.1. The lowest BCUT2D eigenvalue weighted by molar-refractivity contribution is -0.148. The van der Waals surface area contributed by atoms with Crippen LogP contribution < -0.4 is 0 Å². The maximum Gasteiger partial charge on any atom is 0.469 e. The van der Waals surface area contributed by atoms with Crippen molar-refractivity contribution in [3.63, 3.8) is 0 Å². The third-order valence-corrected chi connectivity index (χ3v) is 9.41. The van der Waals surface area contributed by atoms with Crippen LogP contribution in [0, 0.1) is 0 Å². The number of rotatable bonds is 38. The average Bonchev–Trinajstić information content (AvgIpc) is 3.17. The Labute approximate surface area is 349 Å². The van der Waals surface area contributed by atoms with Crippen LogP contribution >= 0.6 is 15.6 Å². The highest BCUT2D eigenvalue weighted by Gasteiger charge is 2.19. The van der Waals surface area contributed by atoms with Crippen LogP contribution in [-0.4, -0.2) is 80.4 Å². The number of unbranched alkanes of at least 4 members (excludes halogenated alkanes) is 16. The molecular formula is C42H78O14P2. The van der Waals surface area contributed by atoms with Gasteiger partial charge >= 0.3 is 27.6 Å². The van der Waals surface area contributed by atoms with Crippen molar-refractivity contribution in [3.05, 3.63) is 48.6 Å².